The lowest BCUT2D eigenvalue weighted by molar-refractivity contribution is -0.149. The summed E-state index contributed by atoms with van der Waals surface area (Å²) in [6, 6.07) is 6.10. The molecule has 4 fully saturated rings. The van der Waals surface area contributed by atoms with E-state index in [2.05, 4.69) is 5.32 Å². The Morgan fingerprint density at radius 2 is 1.68 bits per heavy atom. The predicted molar refractivity (Wildman–Crippen MR) is 90.1 cm³/mol. The smallest absolute Gasteiger partial charge is 0.310 e. The number of benzene rings is 1. The van der Waals surface area contributed by atoms with E-state index in [4.69, 9.17) is 4.74 Å². The molecule has 4 bridgehead atoms. The van der Waals surface area contributed by atoms with E-state index in [0.29, 0.717) is 0 Å². The minimum atomic E-state index is -0.578. The van der Waals surface area contributed by atoms with Gasteiger partial charge in [0.15, 0.2) is 6.61 Å². The molecule has 0 atom stereocenters. The summed E-state index contributed by atoms with van der Waals surface area (Å²) in [6.45, 7) is -0.283. The number of halogens is 1. The second-order valence-electron chi connectivity index (χ2n) is 8.17. The lowest BCUT2D eigenvalue weighted by Crippen LogP contribution is -2.60. The predicted octanol–water partition coefficient (Wildman–Crippen LogP) is 3.00. The van der Waals surface area contributed by atoms with Gasteiger partial charge in [0.05, 0.1) is 6.42 Å². The number of hydrogen-bond donors (Lipinski definition) is 1. The molecule has 25 heavy (non-hydrogen) atoms. The van der Waals surface area contributed by atoms with Gasteiger partial charge in [-0.25, -0.2) is 4.39 Å². The number of rotatable bonds is 5. The first kappa shape index (κ1) is 16.6. The summed E-state index contributed by atoms with van der Waals surface area (Å²) >= 11 is 0. The van der Waals surface area contributed by atoms with Crippen molar-refractivity contribution in [2.24, 2.45) is 17.8 Å². The Kier molecular flexibility index (Phi) is 4.26. The van der Waals surface area contributed by atoms with Crippen LogP contribution in [0.1, 0.15) is 44.1 Å². The van der Waals surface area contributed by atoms with E-state index in [1.54, 1.807) is 18.2 Å². The van der Waals surface area contributed by atoms with Gasteiger partial charge >= 0.3 is 5.97 Å². The molecule has 4 saturated carbocycles. The zero-order valence-electron chi connectivity index (χ0n) is 14.3. The van der Waals surface area contributed by atoms with Crippen molar-refractivity contribution in [2.45, 2.75) is 50.5 Å². The first-order valence-corrected chi connectivity index (χ1v) is 9.21. The van der Waals surface area contributed by atoms with Gasteiger partial charge in [-0.15, -0.1) is 0 Å². The molecule has 5 heteroatoms. The van der Waals surface area contributed by atoms with E-state index >= 15 is 0 Å². The molecule has 0 radical (unpaired) electrons. The van der Waals surface area contributed by atoms with Gasteiger partial charge in [-0.05, 0) is 67.9 Å². The summed E-state index contributed by atoms with van der Waals surface area (Å²) in [6.07, 6.45) is 6.97. The molecule has 4 aliphatic carbocycles. The number of amides is 1. The van der Waals surface area contributed by atoms with Crippen LogP contribution in [0.25, 0.3) is 0 Å². The van der Waals surface area contributed by atoms with E-state index in [0.717, 1.165) is 37.0 Å². The van der Waals surface area contributed by atoms with Gasteiger partial charge in [-0.1, -0.05) is 18.2 Å². The van der Waals surface area contributed by atoms with E-state index in [1.165, 1.54) is 25.3 Å². The van der Waals surface area contributed by atoms with Crippen molar-refractivity contribution in [2.75, 3.05) is 6.61 Å². The third kappa shape index (κ3) is 3.55. The van der Waals surface area contributed by atoms with E-state index < -0.39 is 11.8 Å². The van der Waals surface area contributed by atoms with Crippen LogP contribution in [0.4, 0.5) is 4.39 Å². The second kappa shape index (κ2) is 6.43. The number of carbonyl (C=O) groups excluding carboxylic acids is 2. The van der Waals surface area contributed by atoms with E-state index in [1.807, 2.05) is 0 Å². The van der Waals surface area contributed by atoms with E-state index in [9.17, 15) is 14.0 Å². The molecule has 0 aromatic heterocycles. The summed E-state index contributed by atoms with van der Waals surface area (Å²) in [4.78, 5) is 24.2. The second-order valence-corrected chi connectivity index (χ2v) is 8.17. The molecule has 5 rings (SSSR count). The van der Waals surface area contributed by atoms with Crippen molar-refractivity contribution in [3.8, 4) is 0 Å². The number of ether oxygens (including phenoxy) is 1. The Balaban J connectivity index is 1.28. The quantitative estimate of drug-likeness (QED) is 0.835. The maximum absolute atomic E-state index is 13.6. The molecule has 0 unspecified atom stereocenters. The highest BCUT2D eigenvalue weighted by atomic mass is 19.1. The minimum Gasteiger partial charge on any atom is -0.455 e. The average molecular weight is 345 g/mol. The van der Waals surface area contributed by atoms with Gasteiger partial charge in [-0.2, -0.15) is 0 Å². The van der Waals surface area contributed by atoms with Gasteiger partial charge in [0.25, 0.3) is 5.91 Å². The summed E-state index contributed by atoms with van der Waals surface area (Å²) in [7, 11) is 0. The van der Waals surface area contributed by atoms with Crippen molar-refractivity contribution in [1.82, 2.24) is 5.32 Å². The highest BCUT2D eigenvalue weighted by Gasteiger charge is 2.51. The van der Waals surface area contributed by atoms with Crippen molar-refractivity contribution < 1.29 is 18.7 Å². The molecule has 1 N–H and O–H groups in total. The molecule has 4 nitrogen and oxygen atoms in total. The van der Waals surface area contributed by atoms with Crippen LogP contribution in [0.5, 0.6) is 0 Å². The maximum Gasteiger partial charge on any atom is 0.310 e. The molecule has 134 valence electrons. The zero-order valence-corrected chi connectivity index (χ0v) is 14.3. The molecule has 0 aliphatic heterocycles. The Morgan fingerprint density at radius 1 is 1.08 bits per heavy atom. The third-order valence-corrected chi connectivity index (χ3v) is 6.10. The monoisotopic (exact) mass is 345 g/mol. The SMILES string of the molecule is O=C(COC(=O)Cc1ccccc1F)NC12CC3CC(CC(C3)C1)C2. The zero-order chi connectivity index (χ0) is 17.4. The molecular formula is C20H24FNO3. The molecule has 4 aliphatic rings. The minimum absolute atomic E-state index is 0.0796. The third-order valence-electron chi connectivity index (χ3n) is 6.10. The Labute approximate surface area is 147 Å². The number of carbonyl (C=O) groups is 2. The van der Waals surface area contributed by atoms with Crippen LogP contribution in [0.2, 0.25) is 0 Å². The van der Waals surface area contributed by atoms with Gasteiger partial charge < -0.3 is 10.1 Å². The first-order chi connectivity index (χ1) is 12.0. The Bertz CT molecular complexity index is 652. The lowest BCUT2D eigenvalue weighted by Gasteiger charge is -2.56. The molecule has 0 heterocycles. The summed E-state index contributed by atoms with van der Waals surface area (Å²) in [5.41, 5.74) is 0.207. The number of nitrogens with one attached hydrogen (secondary N) is 1. The van der Waals surface area contributed by atoms with Crippen LogP contribution in [-0.4, -0.2) is 24.0 Å². The van der Waals surface area contributed by atoms with Crippen LogP contribution in [0.3, 0.4) is 0 Å². The van der Waals surface area contributed by atoms with Crippen LogP contribution in [0.15, 0.2) is 24.3 Å². The summed E-state index contributed by atoms with van der Waals surface area (Å²) in [5, 5.41) is 3.16. The fraction of sp³-hybridized carbons (Fsp3) is 0.600. The van der Waals surface area contributed by atoms with Crippen LogP contribution < -0.4 is 5.32 Å². The molecule has 0 saturated heterocycles. The van der Waals surface area contributed by atoms with Crippen molar-refractivity contribution in [3.63, 3.8) is 0 Å². The van der Waals surface area contributed by atoms with Gasteiger partial charge in [0.2, 0.25) is 0 Å². The average Bonchev–Trinajstić information content (AvgIpc) is 2.53. The fourth-order valence-electron chi connectivity index (χ4n) is 5.59. The normalized spacial score (nSPS) is 32.4. The topological polar surface area (TPSA) is 55.4 Å². The van der Waals surface area contributed by atoms with Gasteiger partial charge in [0, 0.05) is 5.54 Å². The number of hydrogen-bond acceptors (Lipinski definition) is 3. The van der Waals surface area contributed by atoms with Crippen molar-refractivity contribution >= 4 is 11.9 Å². The molecule has 1 amide bonds. The van der Waals surface area contributed by atoms with Crippen LogP contribution >= 0.6 is 0 Å². The van der Waals surface area contributed by atoms with Gasteiger partial charge in [-0.3, -0.25) is 9.59 Å². The highest BCUT2D eigenvalue weighted by molar-refractivity contribution is 5.81. The first-order valence-electron chi connectivity index (χ1n) is 9.21. The Morgan fingerprint density at radius 3 is 2.28 bits per heavy atom. The summed E-state index contributed by atoms with van der Waals surface area (Å²) in [5.74, 6) is 0.993. The molecular weight excluding hydrogens is 321 g/mol. The highest BCUT2D eigenvalue weighted by Crippen LogP contribution is 2.55. The molecule has 1 aromatic carbocycles. The standard InChI is InChI=1S/C20H24FNO3/c21-17-4-2-1-3-16(17)8-19(24)25-12-18(23)22-20-9-13-5-14(10-20)7-15(6-13)11-20/h1-4,13-15H,5-12H2,(H,22,23). The van der Waals surface area contributed by atoms with E-state index in [-0.39, 0.29) is 30.0 Å². The number of esters is 1. The molecule has 1 aromatic rings. The largest absolute Gasteiger partial charge is 0.455 e. The summed E-state index contributed by atoms with van der Waals surface area (Å²) < 4.78 is 18.6. The molecule has 0 spiro atoms. The Hall–Kier alpha value is -1.91. The van der Waals surface area contributed by atoms with Crippen LogP contribution in [-0.2, 0) is 20.7 Å². The lowest BCUT2D eigenvalue weighted by atomic mass is 9.53. The maximum atomic E-state index is 13.6. The fourth-order valence-corrected chi connectivity index (χ4v) is 5.59. The van der Waals surface area contributed by atoms with Crippen molar-refractivity contribution in [1.29, 1.82) is 0 Å². The van der Waals surface area contributed by atoms with Gasteiger partial charge in [0.1, 0.15) is 5.82 Å². The van der Waals surface area contributed by atoms with Crippen LogP contribution in [0, 0.1) is 23.6 Å². The van der Waals surface area contributed by atoms with Crippen molar-refractivity contribution in [3.05, 3.63) is 35.6 Å².